The minimum atomic E-state index is -4.27. The molecule has 40 heavy (non-hydrogen) atoms. The molecule has 0 aliphatic carbocycles. The maximum atomic E-state index is 14.0. The van der Waals surface area contributed by atoms with E-state index in [0.717, 1.165) is 17.1 Å². The highest BCUT2D eigenvalue weighted by Crippen LogP contribution is 2.33. The standard InChI is InChI=1S/C29H27ClFN3O5S/c1-2-3-15-39-26-17-25(28(31)35)33-24-14-9-19(16-23(24)26)18-34(27(29(32)36)20-7-5-4-6-8-20)40(37,38)22-12-10-21(30)11-13-22/h4-14,16-17,27H,2-3,15,18H2,1H3,(H2,32,36)/t27-/m1/s1. The van der Waals surface area contributed by atoms with Crippen molar-refractivity contribution in [2.24, 2.45) is 5.73 Å². The summed E-state index contributed by atoms with van der Waals surface area (Å²) < 4.78 is 48.3. The van der Waals surface area contributed by atoms with Crippen LogP contribution in [0, 0.1) is 0 Å². The zero-order valence-electron chi connectivity index (χ0n) is 21.6. The van der Waals surface area contributed by atoms with Gasteiger partial charge in [-0.2, -0.15) is 8.70 Å². The van der Waals surface area contributed by atoms with Gasteiger partial charge in [-0.1, -0.05) is 61.3 Å². The lowest BCUT2D eigenvalue weighted by Crippen LogP contribution is -2.41. The van der Waals surface area contributed by atoms with E-state index in [1.165, 1.54) is 30.3 Å². The number of primary amides is 1. The molecule has 3 aromatic carbocycles. The van der Waals surface area contributed by atoms with Gasteiger partial charge in [0.15, 0.2) is 0 Å². The third-order valence-electron chi connectivity index (χ3n) is 6.22. The number of hydrogen-bond acceptors (Lipinski definition) is 6. The Morgan fingerprint density at radius 2 is 1.75 bits per heavy atom. The van der Waals surface area contributed by atoms with Gasteiger partial charge < -0.3 is 10.5 Å². The molecule has 1 atom stereocenters. The van der Waals surface area contributed by atoms with Crippen LogP contribution in [0.1, 0.15) is 47.4 Å². The number of hydrogen-bond donors (Lipinski definition) is 1. The normalized spacial score (nSPS) is 12.4. The summed E-state index contributed by atoms with van der Waals surface area (Å²) in [6.07, 6.45) is 1.58. The number of sulfonamides is 1. The van der Waals surface area contributed by atoms with Gasteiger partial charge in [0.05, 0.1) is 17.0 Å². The summed E-state index contributed by atoms with van der Waals surface area (Å²) in [5, 5.41) is 0.807. The first-order valence-corrected chi connectivity index (χ1v) is 14.3. The zero-order chi connectivity index (χ0) is 28.9. The minimum Gasteiger partial charge on any atom is -0.493 e. The third-order valence-corrected chi connectivity index (χ3v) is 8.30. The molecular weight excluding hydrogens is 557 g/mol. The number of carbonyl (C=O) groups excluding carboxylic acids is 2. The lowest BCUT2D eigenvalue weighted by molar-refractivity contribution is -0.122. The fraction of sp³-hybridized carbons (Fsp3) is 0.207. The molecule has 0 aliphatic heterocycles. The summed E-state index contributed by atoms with van der Waals surface area (Å²) in [7, 11) is -4.27. The summed E-state index contributed by atoms with van der Waals surface area (Å²) in [6, 6.07) is 16.9. The number of fused-ring (bicyclic) bond motifs is 1. The van der Waals surface area contributed by atoms with Crippen molar-refractivity contribution in [3.05, 3.63) is 101 Å². The molecule has 0 aliphatic rings. The second kappa shape index (κ2) is 12.5. The van der Waals surface area contributed by atoms with Crippen LogP contribution in [-0.4, -0.2) is 36.3 Å². The number of carbonyl (C=O) groups is 2. The first-order chi connectivity index (χ1) is 19.1. The maximum Gasteiger partial charge on any atom is 0.350 e. The number of amides is 1. The average Bonchev–Trinajstić information content (AvgIpc) is 2.93. The summed E-state index contributed by atoms with van der Waals surface area (Å²) in [6.45, 7) is 2.07. The largest absolute Gasteiger partial charge is 0.493 e. The SMILES string of the molecule is CCCCOc1cc(C(=O)F)nc2ccc(CN([C@@H](C(N)=O)c3ccccc3)S(=O)(=O)c3ccc(Cl)cc3)cc12. The summed E-state index contributed by atoms with van der Waals surface area (Å²) in [5.41, 5.74) is 6.56. The number of nitrogens with zero attached hydrogens (tertiary/aromatic N) is 2. The Bertz CT molecular complexity index is 1630. The number of nitrogens with two attached hydrogens (primary N) is 1. The van der Waals surface area contributed by atoms with E-state index in [4.69, 9.17) is 22.1 Å². The highest BCUT2D eigenvalue weighted by Gasteiger charge is 2.36. The second-order valence-electron chi connectivity index (χ2n) is 9.05. The molecule has 4 rings (SSSR count). The molecule has 0 radical (unpaired) electrons. The van der Waals surface area contributed by atoms with Crippen molar-refractivity contribution < 1.29 is 27.1 Å². The molecule has 1 heterocycles. The van der Waals surface area contributed by atoms with Crippen LogP contribution >= 0.6 is 11.6 Å². The lowest BCUT2D eigenvalue weighted by Gasteiger charge is -2.29. The van der Waals surface area contributed by atoms with E-state index in [1.54, 1.807) is 48.5 Å². The van der Waals surface area contributed by atoms with Gasteiger partial charge in [-0.05, 0) is 53.9 Å². The van der Waals surface area contributed by atoms with E-state index in [1.807, 2.05) is 6.92 Å². The highest BCUT2D eigenvalue weighted by atomic mass is 35.5. The van der Waals surface area contributed by atoms with E-state index in [9.17, 15) is 22.4 Å². The van der Waals surface area contributed by atoms with Crippen molar-refractivity contribution in [2.45, 2.75) is 37.2 Å². The molecule has 4 aromatic rings. The molecule has 0 bridgehead atoms. The number of rotatable bonds is 12. The Hall–Kier alpha value is -3.86. The van der Waals surface area contributed by atoms with E-state index >= 15 is 0 Å². The highest BCUT2D eigenvalue weighted by molar-refractivity contribution is 7.89. The van der Waals surface area contributed by atoms with Gasteiger partial charge in [0, 0.05) is 23.0 Å². The Morgan fingerprint density at radius 1 is 1.05 bits per heavy atom. The first kappa shape index (κ1) is 29.1. The quantitative estimate of drug-likeness (QED) is 0.171. The van der Waals surface area contributed by atoms with Gasteiger partial charge in [0.2, 0.25) is 15.9 Å². The molecule has 2 N–H and O–H groups in total. The van der Waals surface area contributed by atoms with Gasteiger partial charge in [-0.25, -0.2) is 13.4 Å². The fourth-order valence-corrected chi connectivity index (χ4v) is 5.93. The van der Waals surface area contributed by atoms with Crippen molar-refractivity contribution in [1.29, 1.82) is 0 Å². The average molecular weight is 584 g/mol. The van der Waals surface area contributed by atoms with Gasteiger partial charge in [-0.3, -0.25) is 9.59 Å². The van der Waals surface area contributed by atoms with Crippen molar-refractivity contribution >= 4 is 44.5 Å². The molecule has 0 fully saturated rings. The van der Waals surface area contributed by atoms with Crippen LogP contribution in [0.5, 0.6) is 5.75 Å². The number of pyridine rings is 1. The molecule has 0 spiro atoms. The fourth-order valence-electron chi connectivity index (χ4n) is 4.23. The Kier molecular flexibility index (Phi) is 9.14. The van der Waals surface area contributed by atoms with Crippen molar-refractivity contribution in [1.82, 2.24) is 9.29 Å². The van der Waals surface area contributed by atoms with E-state index < -0.39 is 33.7 Å². The van der Waals surface area contributed by atoms with Crippen molar-refractivity contribution in [2.75, 3.05) is 6.61 Å². The van der Waals surface area contributed by atoms with Crippen LogP contribution in [-0.2, 0) is 21.4 Å². The Morgan fingerprint density at radius 3 is 2.38 bits per heavy atom. The number of ether oxygens (including phenoxy) is 1. The van der Waals surface area contributed by atoms with E-state index in [2.05, 4.69) is 4.98 Å². The number of halogens is 2. The second-order valence-corrected chi connectivity index (χ2v) is 11.4. The van der Waals surface area contributed by atoms with Crippen LogP contribution in [0.3, 0.4) is 0 Å². The monoisotopic (exact) mass is 583 g/mol. The molecule has 0 saturated heterocycles. The molecule has 1 aromatic heterocycles. The minimum absolute atomic E-state index is 0.0729. The smallest absolute Gasteiger partial charge is 0.350 e. The van der Waals surface area contributed by atoms with Gasteiger partial charge >= 0.3 is 6.04 Å². The Balaban J connectivity index is 1.85. The topological polar surface area (TPSA) is 120 Å². The zero-order valence-corrected chi connectivity index (χ0v) is 23.2. The van der Waals surface area contributed by atoms with E-state index in [0.29, 0.717) is 33.7 Å². The van der Waals surface area contributed by atoms with Crippen molar-refractivity contribution in [3.63, 3.8) is 0 Å². The third kappa shape index (κ3) is 6.47. The van der Waals surface area contributed by atoms with Crippen molar-refractivity contribution in [3.8, 4) is 5.75 Å². The van der Waals surface area contributed by atoms with Crippen LogP contribution in [0.15, 0.2) is 83.8 Å². The number of unbranched alkanes of at least 4 members (excludes halogenated alkanes) is 1. The predicted octanol–water partition coefficient (Wildman–Crippen LogP) is 5.59. The van der Waals surface area contributed by atoms with E-state index in [-0.39, 0.29) is 17.2 Å². The maximum absolute atomic E-state index is 14.0. The molecule has 1 amide bonds. The Labute approximate surface area is 236 Å². The summed E-state index contributed by atoms with van der Waals surface area (Å²) in [5.74, 6) is -0.621. The first-order valence-electron chi connectivity index (χ1n) is 12.5. The molecular formula is C29H27ClFN3O5S. The molecule has 0 unspecified atom stereocenters. The molecule has 11 heteroatoms. The molecule has 0 saturated carbocycles. The number of aromatic nitrogens is 1. The molecule has 208 valence electrons. The summed E-state index contributed by atoms with van der Waals surface area (Å²) >= 11 is 5.98. The van der Waals surface area contributed by atoms with Gasteiger partial charge in [0.25, 0.3) is 0 Å². The van der Waals surface area contributed by atoms with Crippen LogP contribution in [0.4, 0.5) is 4.39 Å². The van der Waals surface area contributed by atoms with Crippen LogP contribution in [0.25, 0.3) is 10.9 Å². The predicted molar refractivity (Wildman–Crippen MR) is 150 cm³/mol. The number of benzene rings is 3. The van der Waals surface area contributed by atoms with Gasteiger partial charge in [-0.15, -0.1) is 0 Å². The van der Waals surface area contributed by atoms with Crippen LogP contribution in [0.2, 0.25) is 5.02 Å². The summed E-state index contributed by atoms with van der Waals surface area (Å²) in [4.78, 5) is 28.2. The van der Waals surface area contributed by atoms with Gasteiger partial charge in [0.1, 0.15) is 17.5 Å². The van der Waals surface area contributed by atoms with Crippen LogP contribution < -0.4 is 10.5 Å². The lowest BCUT2D eigenvalue weighted by atomic mass is 10.0. The molecule has 8 nitrogen and oxygen atoms in total.